The zero-order valence-corrected chi connectivity index (χ0v) is 16.0. The summed E-state index contributed by atoms with van der Waals surface area (Å²) in [7, 11) is 1.72. The molecule has 0 atom stereocenters. The second-order valence-corrected chi connectivity index (χ2v) is 6.27. The molecule has 0 amide bonds. The van der Waals surface area contributed by atoms with Crippen LogP contribution in [-0.2, 0) is 6.42 Å². The number of H-pyrrole nitrogens is 1. The van der Waals surface area contributed by atoms with Gasteiger partial charge in [-0.25, -0.2) is 0 Å². The number of anilines is 1. The standard InChI is InChI=1S/C21H22F3N5/c1-13-7-8-14(5-3-4-6-17(25)21(22,23)24)11-15(13)9-10-16-12-29-20(28-2)18(16)19(26)27/h3-4,6-8,11-12,28-29H,5,25H2,1-2H3,(H3,26,27)/b4-3-,17-6-. The van der Waals surface area contributed by atoms with Crippen LogP contribution >= 0.6 is 0 Å². The Morgan fingerprint density at radius 2 is 1.93 bits per heavy atom. The quantitative estimate of drug-likeness (QED) is 0.229. The number of nitrogen functional groups attached to an aromatic ring is 1. The van der Waals surface area contributed by atoms with E-state index in [1.165, 1.54) is 6.08 Å². The van der Waals surface area contributed by atoms with Crippen LogP contribution in [-0.4, -0.2) is 24.0 Å². The molecule has 7 N–H and O–H groups in total. The number of hydrogen-bond acceptors (Lipinski definition) is 3. The van der Waals surface area contributed by atoms with Gasteiger partial charge in [-0.1, -0.05) is 36.1 Å². The van der Waals surface area contributed by atoms with Gasteiger partial charge in [0.1, 0.15) is 17.4 Å². The van der Waals surface area contributed by atoms with E-state index in [0.29, 0.717) is 23.4 Å². The molecule has 152 valence electrons. The Bertz CT molecular complexity index is 1020. The fourth-order valence-electron chi connectivity index (χ4n) is 2.53. The Hall–Kier alpha value is -3.60. The molecule has 5 nitrogen and oxygen atoms in total. The number of hydrogen-bond donors (Lipinski definition) is 5. The number of allylic oxidation sites excluding steroid dienone is 4. The summed E-state index contributed by atoms with van der Waals surface area (Å²) in [6, 6.07) is 5.66. The minimum Gasteiger partial charge on any atom is -0.395 e. The van der Waals surface area contributed by atoms with Gasteiger partial charge in [-0.15, -0.1) is 0 Å². The molecule has 0 radical (unpaired) electrons. The van der Waals surface area contributed by atoms with E-state index >= 15 is 0 Å². The molecule has 2 rings (SSSR count). The second-order valence-electron chi connectivity index (χ2n) is 6.27. The van der Waals surface area contributed by atoms with Crippen LogP contribution < -0.4 is 16.8 Å². The molecule has 1 aromatic heterocycles. The molecule has 0 aliphatic rings. The molecule has 2 aromatic rings. The van der Waals surface area contributed by atoms with Crippen molar-refractivity contribution >= 4 is 11.7 Å². The summed E-state index contributed by atoms with van der Waals surface area (Å²) in [5, 5.41) is 10.6. The number of nitrogens with two attached hydrogens (primary N) is 2. The summed E-state index contributed by atoms with van der Waals surface area (Å²) in [4.78, 5) is 2.98. The molecule has 0 fully saturated rings. The van der Waals surface area contributed by atoms with E-state index in [4.69, 9.17) is 16.9 Å². The molecular formula is C21H22F3N5. The normalized spacial score (nSPS) is 12.0. The number of aryl methyl sites for hydroxylation is 1. The summed E-state index contributed by atoms with van der Waals surface area (Å²) >= 11 is 0. The number of benzene rings is 1. The third kappa shape index (κ3) is 5.69. The smallest absolute Gasteiger partial charge is 0.395 e. The number of aromatic amines is 1. The summed E-state index contributed by atoms with van der Waals surface area (Å²) in [6.07, 6.45) is 1.30. The molecular weight excluding hydrogens is 379 g/mol. The summed E-state index contributed by atoms with van der Waals surface area (Å²) in [5.74, 6) is 6.62. The van der Waals surface area contributed by atoms with Crippen molar-refractivity contribution in [3.05, 3.63) is 76.1 Å². The number of halogens is 3. The SMILES string of the molecule is CNc1[nH]cc(C#Cc2cc(C/C=C\C=C(/N)C(F)(F)F)ccc2C)c1C(=N)N. The van der Waals surface area contributed by atoms with Crippen LogP contribution in [0.15, 0.2) is 48.3 Å². The molecule has 8 heteroatoms. The highest BCUT2D eigenvalue weighted by Gasteiger charge is 2.30. The minimum atomic E-state index is -4.53. The third-order valence-corrected chi connectivity index (χ3v) is 4.13. The van der Waals surface area contributed by atoms with Gasteiger partial charge >= 0.3 is 6.18 Å². The second kappa shape index (κ2) is 9.06. The van der Waals surface area contributed by atoms with E-state index in [-0.39, 0.29) is 5.84 Å². The fourth-order valence-corrected chi connectivity index (χ4v) is 2.53. The van der Waals surface area contributed by atoms with Crippen LogP contribution in [0, 0.1) is 24.2 Å². The van der Waals surface area contributed by atoms with Crippen molar-refractivity contribution < 1.29 is 13.2 Å². The molecule has 0 bridgehead atoms. The van der Waals surface area contributed by atoms with Gasteiger partial charge in [0.05, 0.1) is 11.1 Å². The Morgan fingerprint density at radius 3 is 2.55 bits per heavy atom. The highest BCUT2D eigenvalue weighted by molar-refractivity contribution is 6.02. The van der Waals surface area contributed by atoms with Crippen molar-refractivity contribution in [3.8, 4) is 11.8 Å². The Labute approximate surface area is 167 Å². The largest absolute Gasteiger partial charge is 0.430 e. The van der Waals surface area contributed by atoms with E-state index in [1.54, 1.807) is 19.3 Å². The van der Waals surface area contributed by atoms with Gasteiger partial charge in [0.2, 0.25) is 0 Å². The van der Waals surface area contributed by atoms with Gasteiger partial charge in [0.15, 0.2) is 0 Å². The van der Waals surface area contributed by atoms with Crippen LogP contribution in [0.4, 0.5) is 19.0 Å². The summed E-state index contributed by atoms with van der Waals surface area (Å²) < 4.78 is 37.1. The lowest BCUT2D eigenvalue weighted by molar-refractivity contribution is -0.0926. The number of aromatic nitrogens is 1. The molecule has 0 saturated heterocycles. The molecule has 0 aliphatic carbocycles. The van der Waals surface area contributed by atoms with Crippen molar-refractivity contribution in [3.63, 3.8) is 0 Å². The molecule has 29 heavy (non-hydrogen) atoms. The van der Waals surface area contributed by atoms with Gasteiger partial charge in [-0.2, -0.15) is 13.2 Å². The van der Waals surface area contributed by atoms with Gasteiger partial charge in [0, 0.05) is 18.8 Å². The highest BCUT2D eigenvalue weighted by atomic mass is 19.4. The molecule has 0 unspecified atom stereocenters. The van der Waals surface area contributed by atoms with E-state index < -0.39 is 11.9 Å². The first kappa shape index (κ1) is 21.7. The van der Waals surface area contributed by atoms with Crippen LogP contribution in [0.5, 0.6) is 0 Å². The first-order valence-corrected chi connectivity index (χ1v) is 8.68. The highest BCUT2D eigenvalue weighted by Crippen LogP contribution is 2.21. The maximum atomic E-state index is 12.4. The average molecular weight is 401 g/mol. The number of nitrogens with one attached hydrogen (secondary N) is 3. The molecule has 1 aromatic carbocycles. The van der Waals surface area contributed by atoms with E-state index in [1.807, 2.05) is 25.1 Å². The van der Waals surface area contributed by atoms with E-state index in [0.717, 1.165) is 22.8 Å². The first-order chi connectivity index (χ1) is 13.6. The lowest BCUT2D eigenvalue weighted by Gasteiger charge is -2.04. The van der Waals surface area contributed by atoms with Gasteiger partial charge in [0.25, 0.3) is 0 Å². The third-order valence-electron chi connectivity index (χ3n) is 4.13. The summed E-state index contributed by atoms with van der Waals surface area (Å²) in [6.45, 7) is 1.92. The van der Waals surface area contributed by atoms with E-state index in [2.05, 4.69) is 22.1 Å². The van der Waals surface area contributed by atoms with Gasteiger partial charge in [-0.05, 0) is 36.6 Å². The Morgan fingerprint density at radius 1 is 1.24 bits per heavy atom. The van der Waals surface area contributed by atoms with Crippen LogP contribution in [0.2, 0.25) is 0 Å². The molecule has 0 aliphatic heterocycles. The van der Waals surface area contributed by atoms with Crippen LogP contribution in [0.1, 0.15) is 27.8 Å². The predicted molar refractivity (Wildman–Crippen MR) is 110 cm³/mol. The van der Waals surface area contributed by atoms with Crippen LogP contribution in [0.25, 0.3) is 0 Å². The maximum Gasteiger partial charge on any atom is 0.430 e. The lowest BCUT2D eigenvalue weighted by Crippen LogP contribution is -2.18. The van der Waals surface area contributed by atoms with Crippen LogP contribution in [0.3, 0.4) is 0 Å². The zero-order chi connectivity index (χ0) is 21.6. The van der Waals surface area contributed by atoms with Crippen molar-refractivity contribution in [2.75, 3.05) is 12.4 Å². The monoisotopic (exact) mass is 401 g/mol. The summed E-state index contributed by atoms with van der Waals surface area (Å²) in [5.41, 5.74) is 13.2. The Kier molecular flexibility index (Phi) is 6.78. The Balaban J connectivity index is 2.23. The molecule has 1 heterocycles. The first-order valence-electron chi connectivity index (χ1n) is 8.68. The van der Waals surface area contributed by atoms with Crippen molar-refractivity contribution in [2.24, 2.45) is 11.5 Å². The minimum absolute atomic E-state index is 0.0957. The number of alkyl halides is 3. The predicted octanol–water partition coefficient (Wildman–Crippen LogP) is 3.55. The number of rotatable bonds is 5. The maximum absolute atomic E-state index is 12.4. The van der Waals surface area contributed by atoms with E-state index in [9.17, 15) is 13.2 Å². The molecule has 0 saturated carbocycles. The number of amidine groups is 1. The van der Waals surface area contributed by atoms with Gasteiger partial charge in [-0.3, -0.25) is 5.41 Å². The zero-order valence-electron chi connectivity index (χ0n) is 16.0. The van der Waals surface area contributed by atoms with Crippen molar-refractivity contribution in [2.45, 2.75) is 19.5 Å². The molecule has 0 spiro atoms. The van der Waals surface area contributed by atoms with Gasteiger partial charge < -0.3 is 21.8 Å². The van der Waals surface area contributed by atoms with Crippen molar-refractivity contribution in [1.29, 1.82) is 5.41 Å². The lowest BCUT2D eigenvalue weighted by atomic mass is 10.0. The fraction of sp³-hybridized carbons (Fsp3) is 0.190. The average Bonchev–Trinajstić information content (AvgIpc) is 3.07. The topological polar surface area (TPSA) is 104 Å². The van der Waals surface area contributed by atoms with Crippen molar-refractivity contribution in [1.82, 2.24) is 4.98 Å².